The summed E-state index contributed by atoms with van der Waals surface area (Å²) in [4.78, 5) is 3.93. The summed E-state index contributed by atoms with van der Waals surface area (Å²) in [6.45, 7) is 3.75. The molecule has 0 radical (unpaired) electrons. The molecule has 3 nitrogen and oxygen atoms in total. The summed E-state index contributed by atoms with van der Waals surface area (Å²) in [7, 11) is 1.54. The maximum absolute atomic E-state index is 12.1. The van der Waals surface area contributed by atoms with Crippen molar-refractivity contribution < 1.29 is 13.2 Å². The van der Waals surface area contributed by atoms with Crippen molar-refractivity contribution in [3.63, 3.8) is 0 Å². The first-order valence-corrected chi connectivity index (χ1v) is 6.43. The van der Waals surface area contributed by atoms with E-state index in [0.29, 0.717) is 5.96 Å². The Kier molecular flexibility index (Phi) is 8.68. The van der Waals surface area contributed by atoms with Crippen LogP contribution in [0.5, 0.6) is 0 Å². The molecule has 7 heteroatoms. The molecule has 1 atom stereocenters. The highest BCUT2D eigenvalue weighted by atomic mass is 127. The van der Waals surface area contributed by atoms with Crippen molar-refractivity contribution in [1.82, 2.24) is 10.6 Å². The lowest BCUT2D eigenvalue weighted by Gasteiger charge is -2.20. The van der Waals surface area contributed by atoms with Crippen molar-refractivity contribution in [3.05, 3.63) is 35.4 Å². The minimum atomic E-state index is -4.16. The fourth-order valence-corrected chi connectivity index (χ4v) is 1.87. The molecule has 120 valence electrons. The van der Waals surface area contributed by atoms with Gasteiger partial charge >= 0.3 is 6.18 Å². The predicted molar refractivity (Wildman–Crippen MR) is 90.2 cm³/mol. The number of hydrogen-bond acceptors (Lipinski definition) is 1. The third kappa shape index (κ3) is 7.54. The Bertz CT molecular complexity index is 461. The molecule has 2 N–H and O–H groups in total. The summed E-state index contributed by atoms with van der Waals surface area (Å²) in [5, 5.41) is 5.75. The Morgan fingerprint density at radius 2 is 1.90 bits per heavy atom. The topological polar surface area (TPSA) is 36.4 Å². The monoisotopic (exact) mass is 415 g/mol. The molecule has 1 aromatic carbocycles. The number of rotatable bonds is 4. The Hall–Kier alpha value is -0.990. The third-order valence-electron chi connectivity index (χ3n) is 2.93. The SMILES string of the molecule is CN=C(NCCC(F)(F)F)NC(C)c1ccccc1C.I. The van der Waals surface area contributed by atoms with Crippen molar-refractivity contribution >= 4 is 29.9 Å². The van der Waals surface area contributed by atoms with E-state index in [4.69, 9.17) is 0 Å². The predicted octanol–water partition coefficient (Wildman–Crippen LogP) is 3.79. The molecule has 0 saturated heterocycles. The summed E-state index contributed by atoms with van der Waals surface area (Å²) >= 11 is 0. The maximum Gasteiger partial charge on any atom is 0.390 e. The van der Waals surface area contributed by atoms with Crippen LogP contribution in [0.3, 0.4) is 0 Å². The summed E-state index contributed by atoms with van der Waals surface area (Å²) < 4.78 is 36.3. The van der Waals surface area contributed by atoms with Gasteiger partial charge in [-0.3, -0.25) is 4.99 Å². The van der Waals surface area contributed by atoms with Crippen LogP contribution < -0.4 is 10.6 Å². The van der Waals surface area contributed by atoms with Crippen molar-refractivity contribution in [2.75, 3.05) is 13.6 Å². The summed E-state index contributed by atoms with van der Waals surface area (Å²) in [5.74, 6) is 0.366. The molecule has 0 spiro atoms. The molecule has 0 heterocycles. The highest BCUT2D eigenvalue weighted by Gasteiger charge is 2.26. The zero-order chi connectivity index (χ0) is 15.2. The molecule has 0 amide bonds. The quantitative estimate of drug-likeness (QED) is 0.446. The Labute approximate surface area is 140 Å². The molecule has 1 aromatic rings. The van der Waals surface area contributed by atoms with Crippen molar-refractivity contribution in [3.8, 4) is 0 Å². The molecular weight excluding hydrogens is 394 g/mol. The molecule has 0 fully saturated rings. The first-order valence-electron chi connectivity index (χ1n) is 6.43. The lowest BCUT2D eigenvalue weighted by molar-refractivity contribution is -0.132. The van der Waals surface area contributed by atoms with E-state index in [1.165, 1.54) is 7.05 Å². The van der Waals surface area contributed by atoms with Crippen LogP contribution in [-0.4, -0.2) is 25.7 Å². The van der Waals surface area contributed by atoms with Crippen LogP contribution in [-0.2, 0) is 0 Å². The number of aliphatic imine (C=N–C) groups is 1. The van der Waals surface area contributed by atoms with Gasteiger partial charge in [0.2, 0.25) is 0 Å². The molecule has 0 aliphatic rings. The second-order valence-corrected chi connectivity index (χ2v) is 4.59. The Morgan fingerprint density at radius 3 is 2.43 bits per heavy atom. The van der Waals surface area contributed by atoms with E-state index in [-0.39, 0.29) is 36.6 Å². The molecule has 0 aliphatic heterocycles. The van der Waals surface area contributed by atoms with E-state index in [1.54, 1.807) is 0 Å². The van der Waals surface area contributed by atoms with Gasteiger partial charge in [0, 0.05) is 13.6 Å². The number of aryl methyl sites for hydroxylation is 1. The zero-order valence-electron chi connectivity index (χ0n) is 12.3. The van der Waals surface area contributed by atoms with Crippen LogP contribution in [0.4, 0.5) is 13.2 Å². The minimum absolute atomic E-state index is 0. The van der Waals surface area contributed by atoms with Gasteiger partial charge < -0.3 is 10.6 Å². The highest BCUT2D eigenvalue weighted by Crippen LogP contribution is 2.18. The number of guanidine groups is 1. The average molecular weight is 415 g/mol. The number of nitrogens with zero attached hydrogens (tertiary/aromatic N) is 1. The van der Waals surface area contributed by atoms with Gasteiger partial charge in [-0.1, -0.05) is 24.3 Å². The van der Waals surface area contributed by atoms with Gasteiger partial charge in [0.1, 0.15) is 0 Å². The lowest BCUT2D eigenvalue weighted by Crippen LogP contribution is -2.40. The average Bonchev–Trinajstić information content (AvgIpc) is 2.36. The molecular formula is C14H21F3IN3. The Morgan fingerprint density at radius 1 is 1.29 bits per heavy atom. The molecule has 0 saturated carbocycles. The third-order valence-corrected chi connectivity index (χ3v) is 2.93. The van der Waals surface area contributed by atoms with Gasteiger partial charge in [-0.25, -0.2) is 0 Å². The minimum Gasteiger partial charge on any atom is -0.356 e. The first kappa shape index (κ1) is 20.0. The molecule has 0 bridgehead atoms. The van der Waals surface area contributed by atoms with Crippen molar-refractivity contribution in [2.24, 2.45) is 4.99 Å². The fraction of sp³-hybridized carbons (Fsp3) is 0.500. The van der Waals surface area contributed by atoms with E-state index in [2.05, 4.69) is 15.6 Å². The highest BCUT2D eigenvalue weighted by molar-refractivity contribution is 14.0. The first-order chi connectivity index (χ1) is 9.33. The van der Waals surface area contributed by atoms with E-state index >= 15 is 0 Å². The van der Waals surface area contributed by atoms with Crippen LogP contribution in [0, 0.1) is 6.92 Å². The van der Waals surface area contributed by atoms with Crippen LogP contribution in [0.1, 0.15) is 30.5 Å². The standard InChI is InChI=1S/C14H20F3N3.HI/c1-10-6-4-5-7-12(10)11(2)20-13(18-3)19-9-8-14(15,16)17;/h4-7,11H,8-9H2,1-3H3,(H2,18,19,20);1H. The fourth-order valence-electron chi connectivity index (χ4n) is 1.87. The number of alkyl halides is 3. The van der Waals surface area contributed by atoms with Crippen LogP contribution in [0.15, 0.2) is 29.3 Å². The zero-order valence-corrected chi connectivity index (χ0v) is 14.6. The number of hydrogen-bond donors (Lipinski definition) is 2. The summed E-state index contributed by atoms with van der Waals surface area (Å²) in [5.41, 5.74) is 2.21. The van der Waals surface area contributed by atoms with E-state index < -0.39 is 12.6 Å². The van der Waals surface area contributed by atoms with Gasteiger partial charge in [-0.15, -0.1) is 24.0 Å². The van der Waals surface area contributed by atoms with Gasteiger partial charge in [-0.05, 0) is 25.0 Å². The van der Waals surface area contributed by atoms with Crippen LogP contribution in [0.2, 0.25) is 0 Å². The van der Waals surface area contributed by atoms with E-state index in [1.807, 2.05) is 38.1 Å². The number of nitrogens with one attached hydrogen (secondary N) is 2. The molecule has 1 unspecified atom stereocenters. The van der Waals surface area contributed by atoms with Gasteiger partial charge in [-0.2, -0.15) is 13.2 Å². The normalized spacial score (nSPS) is 13.3. The number of halogens is 4. The van der Waals surface area contributed by atoms with Crippen molar-refractivity contribution in [1.29, 1.82) is 0 Å². The smallest absolute Gasteiger partial charge is 0.356 e. The van der Waals surface area contributed by atoms with Gasteiger partial charge in [0.25, 0.3) is 0 Å². The molecule has 0 aromatic heterocycles. The molecule has 1 rings (SSSR count). The summed E-state index contributed by atoms with van der Waals surface area (Å²) in [6, 6.07) is 7.82. The van der Waals surface area contributed by atoms with Crippen molar-refractivity contribution in [2.45, 2.75) is 32.5 Å². The summed E-state index contributed by atoms with van der Waals surface area (Å²) in [6.07, 6.45) is -5.04. The van der Waals surface area contributed by atoms with E-state index in [0.717, 1.165) is 11.1 Å². The van der Waals surface area contributed by atoms with Crippen LogP contribution in [0.25, 0.3) is 0 Å². The maximum atomic E-state index is 12.1. The molecule has 0 aliphatic carbocycles. The van der Waals surface area contributed by atoms with Gasteiger partial charge in [0.15, 0.2) is 5.96 Å². The molecule has 21 heavy (non-hydrogen) atoms. The van der Waals surface area contributed by atoms with Crippen LogP contribution >= 0.6 is 24.0 Å². The second-order valence-electron chi connectivity index (χ2n) is 4.59. The van der Waals surface area contributed by atoms with Gasteiger partial charge in [0.05, 0.1) is 12.5 Å². The number of benzene rings is 1. The lowest BCUT2D eigenvalue weighted by atomic mass is 10.0. The van der Waals surface area contributed by atoms with E-state index in [9.17, 15) is 13.2 Å². The second kappa shape index (κ2) is 9.11. The Balaban J connectivity index is 0.00000400. The largest absolute Gasteiger partial charge is 0.390 e.